The Balaban J connectivity index is 1.98. The van der Waals surface area contributed by atoms with Crippen LogP contribution in [0.1, 0.15) is 18.1 Å². The summed E-state index contributed by atoms with van der Waals surface area (Å²) in [6, 6.07) is 14.4. The molecule has 0 bridgehead atoms. The first-order valence-electron chi connectivity index (χ1n) is 7.19. The van der Waals surface area contributed by atoms with Crippen LogP contribution in [0.15, 0.2) is 48.5 Å². The zero-order valence-electron chi connectivity index (χ0n) is 13.0. The van der Waals surface area contributed by atoms with Crippen LogP contribution in [0, 0.1) is 17.0 Å². The lowest BCUT2D eigenvalue weighted by molar-refractivity contribution is -0.384. The number of hydrogen-bond donors (Lipinski definition) is 1. The van der Waals surface area contributed by atoms with Crippen molar-refractivity contribution in [2.75, 3.05) is 5.32 Å². The molecule has 0 aliphatic heterocycles. The van der Waals surface area contributed by atoms with Gasteiger partial charge in [-0.05, 0) is 25.0 Å². The Morgan fingerprint density at radius 3 is 2.61 bits per heavy atom. The number of carbonyl (C=O) groups is 1. The number of thioether (sulfide) groups is 1. The number of rotatable bonds is 6. The van der Waals surface area contributed by atoms with Crippen molar-refractivity contribution in [2.24, 2.45) is 0 Å². The minimum Gasteiger partial charge on any atom is -0.325 e. The molecular weight excluding hydrogens is 312 g/mol. The second-order valence-electron chi connectivity index (χ2n) is 5.18. The van der Waals surface area contributed by atoms with Crippen LogP contribution < -0.4 is 5.32 Å². The van der Waals surface area contributed by atoms with Gasteiger partial charge in [0, 0.05) is 17.9 Å². The Hall–Kier alpha value is -2.34. The van der Waals surface area contributed by atoms with Crippen LogP contribution in [0.5, 0.6) is 0 Å². The van der Waals surface area contributed by atoms with E-state index in [1.807, 2.05) is 37.3 Å². The van der Waals surface area contributed by atoms with E-state index in [0.717, 1.165) is 16.9 Å². The summed E-state index contributed by atoms with van der Waals surface area (Å²) in [5.74, 6) is 0.582. The van der Waals surface area contributed by atoms with Crippen molar-refractivity contribution < 1.29 is 9.72 Å². The van der Waals surface area contributed by atoms with Crippen molar-refractivity contribution in [3.8, 4) is 0 Å². The maximum absolute atomic E-state index is 12.3. The summed E-state index contributed by atoms with van der Waals surface area (Å²) in [7, 11) is 0. The Morgan fingerprint density at radius 1 is 1.26 bits per heavy atom. The third-order valence-electron chi connectivity index (χ3n) is 3.40. The average Bonchev–Trinajstić information content (AvgIpc) is 2.55. The molecule has 0 unspecified atom stereocenters. The minimum atomic E-state index is -0.470. The van der Waals surface area contributed by atoms with Gasteiger partial charge in [-0.3, -0.25) is 14.9 Å². The van der Waals surface area contributed by atoms with E-state index in [4.69, 9.17) is 0 Å². The molecule has 2 aromatic rings. The smallest absolute Gasteiger partial charge is 0.271 e. The molecule has 6 heteroatoms. The molecule has 1 amide bonds. The highest BCUT2D eigenvalue weighted by atomic mass is 32.2. The van der Waals surface area contributed by atoms with Crippen molar-refractivity contribution in [1.82, 2.24) is 0 Å². The first kappa shape index (κ1) is 17.0. The third-order valence-corrected chi connectivity index (χ3v) is 4.62. The van der Waals surface area contributed by atoms with Crippen molar-refractivity contribution in [2.45, 2.75) is 24.9 Å². The van der Waals surface area contributed by atoms with E-state index in [1.165, 1.54) is 23.9 Å². The second-order valence-corrected chi connectivity index (χ2v) is 6.51. The summed E-state index contributed by atoms with van der Waals surface area (Å²) < 4.78 is 0. The average molecular weight is 330 g/mol. The number of carbonyl (C=O) groups excluding carboxylic acids is 1. The molecule has 0 radical (unpaired) electrons. The Bertz CT molecular complexity index is 704. The molecule has 2 rings (SSSR count). The number of aryl methyl sites for hydroxylation is 1. The van der Waals surface area contributed by atoms with Crippen molar-refractivity contribution in [3.63, 3.8) is 0 Å². The van der Waals surface area contributed by atoms with E-state index in [1.54, 1.807) is 13.0 Å². The molecule has 0 aliphatic rings. The van der Waals surface area contributed by atoms with E-state index < -0.39 is 4.92 Å². The van der Waals surface area contributed by atoms with Crippen molar-refractivity contribution in [3.05, 3.63) is 69.8 Å². The maximum Gasteiger partial charge on any atom is 0.271 e. The van der Waals surface area contributed by atoms with E-state index in [9.17, 15) is 14.9 Å². The maximum atomic E-state index is 12.3. The summed E-state index contributed by atoms with van der Waals surface area (Å²) in [6.45, 7) is 3.64. The van der Waals surface area contributed by atoms with E-state index in [0.29, 0.717) is 5.69 Å². The van der Waals surface area contributed by atoms with Crippen LogP contribution in [0.2, 0.25) is 0 Å². The summed E-state index contributed by atoms with van der Waals surface area (Å²) in [6.07, 6.45) is 0. The first-order chi connectivity index (χ1) is 11.0. The standard InChI is InChI=1S/C17H18N2O3S/c1-12-8-9-15(19(21)22)10-16(12)18-17(20)13(2)23-11-14-6-4-3-5-7-14/h3-10,13H,11H2,1-2H3,(H,18,20)/t13-/m0/s1. The topological polar surface area (TPSA) is 72.2 Å². The van der Waals surface area contributed by atoms with Gasteiger partial charge in [0.1, 0.15) is 0 Å². The lowest BCUT2D eigenvalue weighted by atomic mass is 10.2. The van der Waals surface area contributed by atoms with E-state index >= 15 is 0 Å². The fraction of sp³-hybridized carbons (Fsp3) is 0.235. The number of hydrogen-bond acceptors (Lipinski definition) is 4. The fourth-order valence-corrected chi connectivity index (χ4v) is 2.81. The summed E-state index contributed by atoms with van der Waals surface area (Å²) >= 11 is 1.53. The van der Waals surface area contributed by atoms with Crippen LogP contribution in [0.4, 0.5) is 11.4 Å². The second kappa shape index (κ2) is 7.78. The molecule has 23 heavy (non-hydrogen) atoms. The quantitative estimate of drug-likeness (QED) is 0.637. The Labute approximate surface area is 139 Å². The molecule has 5 nitrogen and oxygen atoms in total. The van der Waals surface area contributed by atoms with Gasteiger partial charge in [-0.15, -0.1) is 11.8 Å². The Kier molecular flexibility index (Phi) is 5.76. The number of non-ortho nitro benzene ring substituents is 1. The van der Waals surface area contributed by atoms with Crippen LogP contribution >= 0.6 is 11.8 Å². The highest BCUT2D eigenvalue weighted by molar-refractivity contribution is 7.99. The van der Waals surface area contributed by atoms with Crippen LogP contribution in [0.3, 0.4) is 0 Å². The van der Waals surface area contributed by atoms with Crippen LogP contribution in [-0.4, -0.2) is 16.1 Å². The molecule has 1 atom stereocenters. The van der Waals surface area contributed by atoms with Gasteiger partial charge in [0.05, 0.1) is 15.9 Å². The number of nitrogens with one attached hydrogen (secondary N) is 1. The lowest BCUT2D eigenvalue weighted by Crippen LogP contribution is -2.23. The molecule has 0 spiro atoms. The van der Waals surface area contributed by atoms with Gasteiger partial charge < -0.3 is 5.32 Å². The van der Waals surface area contributed by atoms with Gasteiger partial charge in [-0.25, -0.2) is 0 Å². The van der Waals surface area contributed by atoms with Gasteiger partial charge in [-0.1, -0.05) is 36.4 Å². The molecule has 0 aromatic heterocycles. The normalized spacial score (nSPS) is 11.7. The number of amides is 1. The summed E-state index contributed by atoms with van der Waals surface area (Å²) in [5, 5.41) is 13.4. The Morgan fingerprint density at radius 2 is 1.96 bits per heavy atom. The molecule has 1 N–H and O–H groups in total. The number of anilines is 1. The number of nitrogens with zero attached hydrogens (tertiary/aromatic N) is 1. The zero-order chi connectivity index (χ0) is 16.8. The van der Waals surface area contributed by atoms with E-state index in [-0.39, 0.29) is 16.8 Å². The van der Waals surface area contributed by atoms with Gasteiger partial charge in [0.2, 0.25) is 5.91 Å². The van der Waals surface area contributed by atoms with Crippen LogP contribution in [-0.2, 0) is 10.5 Å². The predicted molar refractivity (Wildman–Crippen MR) is 93.7 cm³/mol. The highest BCUT2D eigenvalue weighted by Crippen LogP contribution is 2.24. The number of benzene rings is 2. The molecule has 0 saturated carbocycles. The lowest BCUT2D eigenvalue weighted by Gasteiger charge is -2.13. The van der Waals surface area contributed by atoms with Crippen molar-refractivity contribution >= 4 is 29.0 Å². The van der Waals surface area contributed by atoms with Gasteiger partial charge in [0.25, 0.3) is 5.69 Å². The fourth-order valence-electron chi connectivity index (χ4n) is 1.96. The SMILES string of the molecule is Cc1ccc([N+](=O)[O-])cc1NC(=O)[C@H](C)SCc1ccccc1. The van der Waals surface area contributed by atoms with Gasteiger partial charge in [-0.2, -0.15) is 0 Å². The molecule has 0 fully saturated rings. The van der Waals surface area contributed by atoms with Gasteiger partial charge >= 0.3 is 0 Å². The molecule has 0 aliphatic carbocycles. The predicted octanol–water partition coefficient (Wildman–Crippen LogP) is 4.16. The zero-order valence-corrected chi connectivity index (χ0v) is 13.8. The highest BCUT2D eigenvalue weighted by Gasteiger charge is 2.16. The number of nitro benzene ring substituents is 1. The largest absolute Gasteiger partial charge is 0.325 e. The summed E-state index contributed by atoms with van der Waals surface area (Å²) in [4.78, 5) is 22.6. The van der Waals surface area contributed by atoms with Crippen molar-refractivity contribution in [1.29, 1.82) is 0 Å². The summed E-state index contributed by atoms with van der Waals surface area (Å²) in [5.41, 5.74) is 2.40. The number of nitro groups is 1. The molecule has 0 saturated heterocycles. The molecule has 120 valence electrons. The molecular formula is C17H18N2O3S. The van der Waals surface area contributed by atoms with Crippen LogP contribution in [0.25, 0.3) is 0 Å². The minimum absolute atomic E-state index is 0.0320. The van der Waals surface area contributed by atoms with E-state index in [2.05, 4.69) is 5.32 Å². The first-order valence-corrected chi connectivity index (χ1v) is 8.23. The molecule has 0 heterocycles. The monoisotopic (exact) mass is 330 g/mol. The molecule has 2 aromatic carbocycles. The third kappa shape index (κ3) is 4.82. The van der Waals surface area contributed by atoms with Gasteiger partial charge in [0.15, 0.2) is 0 Å².